The lowest BCUT2D eigenvalue weighted by molar-refractivity contribution is -0.140. The molecule has 2 atom stereocenters. The quantitative estimate of drug-likeness (QED) is 0.699. The predicted octanol–water partition coefficient (Wildman–Crippen LogP) is 3.31. The molecule has 5 nitrogen and oxygen atoms in total. The van der Waals surface area contributed by atoms with Gasteiger partial charge in [-0.05, 0) is 30.5 Å². The highest BCUT2D eigenvalue weighted by Gasteiger charge is 2.40. The number of carbonyl (C=O) groups is 1. The van der Waals surface area contributed by atoms with Gasteiger partial charge in [0, 0.05) is 42.6 Å². The van der Waals surface area contributed by atoms with E-state index in [0.717, 1.165) is 43.7 Å². The van der Waals surface area contributed by atoms with Crippen LogP contribution in [0.1, 0.15) is 24.1 Å². The molecular weight excluding hydrogens is 356 g/mol. The Morgan fingerprint density at radius 2 is 2.00 bits per heavy atom. The van der Waals surface area contributed by atoms with Crippen LogP contribution in [-0.2, 0) is 17.9 Å². The number of para-hydroxylation sites is 1. The van der Waals surface area contributed by atoms with Gasteiger partial charge in [-0.2, -0.15) is 0 Å². The van der Waals surface area contributed by atoms with Crippen molar-refractivity contribution >= 4 is 28.1 Å². The van der Waals surface area contributed by atoms with Gasteiger partial charge in [0.25, 0.3) is 0 Å². The second-order valence-corrected chi connectivity index (χ2v) is 8.27. The fraction of sp³-hybridized carbons (Fsp3) is 0.381. The number of piperidine rings is 1. The molecule has 1 aromatic carbocycles. The van der Waals surface area contributed by atoms with Gasteiger partial charge in [0.05, 0.1) is 29.2 Å². The summed E-state index contributed by atoms with van der Waals surface area (Å²) in [5.74, 6) is 0.414. The molecule has 3 saturated heterocycles. The molecule has 2 aromatic heterocycles. The highest BCUT2D eigenvalue weighted by Crippen LogP contribution is 2.31. The summed E-state index contributed by atoms with van der Waals surface area (Å²) < 4.78 is 0. The zero-order valence-electron chi connectivity index (χ0n) is 15.1. The molecule has 3 aliphatic heterocycles. The third-order valence-corrected chi connectivity index (χ3v) is 6.45. The highest BCUT2D eigenvalue weighted by atomic mass is 32.1. The van der Waals surface area contributed by atoms with Crippen molar-refractivity contribution in [1.29, 1.82) is 0 Å². The highest BCUT2D eigenvalue weighted by molar-refractivity contribution is 7.07. The number of carbonyl (C=O) groups excluding carboxylic acids is 1. The average molecular weight is 379 g/mol. The second kappa shape index (κ2) is 7.02. The number of rotatable bonds is 4. The van der Waals surface area contributed by atoms with Crippen LogP contribution in [0.3, 0.4) is 0 Å². The number of benzene rings is 1. The third-order valence-electron chi connectivity index (χ3n) is 5.82. The predicted molar refractivity (Wildman–Crippen MR) is 106 cm³/mol. The van der Waals surface area contributed by atoms with E-state index in [1.807, 2.05) is 23.2 Å². The van der Waals surface area contributed by atoms with Gasteiger partial charge < -0.3 is 4.90 Å². The number of pyridine rings is 1. The minimum atomic E-state index is 0.107. The molecule has 2 bridgehead atoms. The summed E-state index contributed by atoms with van der Waals surface area (Å²) in [5, 5.41) is 3.26. The first kappa shape index (κ1) is 16.8. The topological polar surface area (TPSA) is 49.3 Å². The number of amides is 1. The lowest BCUT2D eigenvalue weighted by Crippen LogP contribution is -2.47. The Morgan fingerprint density at radius 3 is 2.89 bits per heavy atom. The molecule has 0 saturated carbocycles. The van der Waals surface area contributed by atoms with E-state index in [2.05, 4.69) is 44.0 Å². The molecule has 6 rings (SSSR count). The van der Waals surface area contributed by atoms with Crippen LogP contribution in [0.2, 0.25) is 0 Å². The molecule has 0 unspecified atom stereocenters. The fourth-order valence-electron chi connectivity index (χ4n) is 4.49. The van der Waals surface area contributed by atoms with Crippen LogP contribution in [-0.4, -0.2) is 44.8 Å². The van der Waals surface area contributed by atoms with Gasteiger partial charge in [-0.25, -0.2) is 4.98 Å². The maximum absolute atomic E-state index is 13.0. The van der Waals surface area contributed by atoms with Gasteiger partial charge in [-0.1, -0.05) is 18.2 Å². The summed E-state index contributed by atoms with van der Waals surface area (Å²) in [5.41, 5.74) is 5.18. The largest absolute Gasteiger partial charge is 0.332 e. The third kappa shape index (κ3) is 3.24. The molecule has 27 heavy (non-hydrogen) atoms. The average Bonchev–Trinajstić information content (AvgIpc) is 3.07. The Bertz CT molecular complexity index is 952. The van der Waals surface area contributed by atoms with E-state index in [1.165, 1.54) is 10.9 Å². The SMILES string of the molecule is O=C1[C@H]2CC[C@H](CN(Cc3ccnc4ccccc34)C2)N1Cc1cscn1. The van der Waals surface area contributed by atoms with E-state index in [-0.39, 0.29) is 12.0 Å². The molecule has 0 N–H and O–H groups in total. The van der Waals surface area contributed by atoms with Crippen LogP contribution in [0, 0.1) is 5.92 Å². The van der Waals surface area contributed by atoms with Crippen molar-refractivity contribution in [2.75, 3.05) is 13.1 Å². The fourth-order valence-corrected chi connectivity index (χ4v) is 5.04. The van der Waals surface area contributed by atoms with Crippen LogP contribution in [0.15, 0.2) is 47.4 Å². The zero-order chi connectivity index (χ0) is 18.2. The molecule has 6 heteroatoms. The van der Waals surface area contributed by atoms with Crippen molar-refractivity contribution in [2.45, 2.75) is 32.0 Å². The summed E-state index contributed by atoms with van der Waals surface area (Å²) in [7, 11) is 0. The van der Waals surface area contributed by atoms with Crippen LogP contribution in [0.5, 0.6) is 0 Å². The zero-order valence-corrected chi connectivity index (χ0v) is 15.9. The molecule has 0 aliphatic carbocycles. The molecule has 5 heterocycles. The summed E-state index contributed by atoms with van der Waals surface area (Å²) in [6.07, 6.45) is 3.99. The number of thiazole rings is 1. The number of nitrogens with zero attached hydrogens (tertiary/aromatic N) is 4. The van der Waals surface area contributed by atoms with Crippen molar-refractivity contribution in [2.24, 2.45) is 5.92 Å². The molecular formula is C21H22N4OS. The van der Waals surface area contributed by atoms with Gasteiger partial charge in [-0.15, -0.1) is 11.3 Å². The Balaban J connectivity index is 1.39. The van der Waals surface area contributed by atoms with Gasteiger partial charge in [-0.3, -0.25) is 14.7 Å². The Hall–Kier alpha value is -2.31. The summed E-state index contributed by atoms with van der Waals surface area (Å²) in [6, 6.07) is 10.7. The van der Waals surface area contributed by atoms with E-state index in [1.54, 1.807) is 11.3 Å². The summed E-state index contributed by atoms with van der Waals surface area (Å²) in [4.78, 5) is 26.4. The Morgan fingerprint density at radius 1 is 1.07 bits per heavy atom. The van der Waals surface area contributed by atoms with Crippen molar-refractivity contribution in [3.63, 3.8) is 0 Å². The molecule has 3 aliphatic rings. The lowest BCUT2D eigenvalue weighted by Gasteiger charge is -2.35. The Kier molecular flexibility index (Phi) is 4.38. The first-order chi connectivity index (χ1) is 13.3. The van der Waals surface area contributed by atoms with Crippen molar-refractivity contribution in [3.05, 3.63) is 58.7 Å². The van der Waals surface area contributed by atoms with Crippen LogP contribution in [0.25, 0.3) is 10.9 Å². The van der Waals surface area contributed by atoms with Crippen molar-refractivity contribution in [3.8, 4) is 0 Å². The number of hydrogen-bond donors (Lipinski definition) is 0. The lowest BCUT2D eigenvalue weighted by atomic mass is 9.94. The van der Waals surface area contributed by atoms with Crippen LogP contribution in [0.4, 0.5) is 0 Å². The molecule has 138 valence electrons. The Labute approximate surface area is 162 Å². The summed E-state index contributed by atoms with van der Waals surface area (Å²) >= 11 is 1.59. The monoisotopic (exact) mass is 378 g/mol. The molecule has 0 spiro atoms. The molecule has 3 aromatic rings. The van der Waals surface area contributed by atoms with E-state index in [4.69, 9.17) is 0 Å². The molecule has 1 amide bonds. The smallest absolute Gasteiger partial charge is 0.227 e. The minimum absolute atomic E-state index is 0.107. The molecule has 0 radical (unpaired) electrons. The number of hydrogen-bond acceptors (Lipinski definition) is 5. The maximum atomic E-state index is 13.0. The second-order valence-electron chi connectivity index (χ2n) is 7.56. The number of fused-ring (bicyclic) bond motifs is 5. The standard InChI is InChI=1S/C21H22N4OS/c26-21-16-5-6-18(25(21)11-17-13-27-14-23-17)12-24(10-16)9-15-7-8-22-20-4-2-1-3-19(15)20/h1-4,7-8,13-14,16,18H,5-6,9-12H2/t16-,18+/m0/s1. The maximum Gasteiger partial charge on any atom is 0.227 e. The molecule has 3 fully saturated rings. The first-order valence-electron chi connectivity index (χ1n) is 9.50. The van der Waals surface area contributed by atoms with Gasteiger partial charge in [0.2, 0.25) is 5.91 Å². The first-order valence-corrected chi connectivity index (χ1v) is 10.4. The van der Waals surface area contributed by atoms with E-state index < -0.39 is 0 Å². The normalized spacial score (nSPS) is 23.1. The van der Waals surface area contributed by atoms with Gasteiger partial charge in [0.15, 0.2) is 0 Å². The number of aromatic nitrogens is 2. The van der Waals surface area contributed by atoms with E-state index >= 15 is 0 Å². The van der Waals surface area contributed by atoms with Crippen LogP contribution < -0.4 is 0 Å². The van der Waals surface area contributed by atoms with Gasteiger partial charge >= 0.3 is 0 Å². The van der Waals surface area contributed by atoms with E-state index in [0.29, 0.717) is 12.5 Å². The van der Waals surface area contributed by atoms with Crippen molar-refractivity contribution in [1.82, 2.24) is 19.8 Å². The van der Waals surface area contributed by atoms with E-state index in [9.17, 15) is 4.79 Å². The minimum Gasteiger partial charge on any atom is -0.332 e. The summed E-state index contributed by atoms with van der Waals surface area (Å²) in [6.45, 7) is 3.30. The van der Waals surface area contributed by atoms with Gasteiger partial charge in [0.1, 0.15) is 0 Å². The van der Waals surface area contributed by atoms with Crippen molar-refractivity contribution < 1.29 is 4.79 Å². The van der Waals surface area contributed by atoms with Crippen LogP contribution >= 0.6 is 11.3 Å².